The summed E-state index contributed by atoms with van der Waals surface area (Å²) in [5.74, 6) is -0.939. The van der Waals surface area contributed by atoms with Crippen LogP contribution >= 0.6 is 0 Å². The first kappa shape index (κ1) is 24.6. The summed E-state index contributed by atoms with van der Waals surface area (Å²) in [7, 11) is 1.25. The molecule has 0 radical (unpaired) electrons. The predicted molar refractivity (Wildman–Crippen MR) is 126 cm³/mol. The average Bonchev–Trinajstić information content (AvgIpc) is 3.37. The first-order chi connectivity index (χ1) is 16.5. The van der Waals surface area contributed by atoms with Crippen LogP contribution in [-0.2, 0) is 25.7 Å². The normalized spacial score (nSPS) is 15.5. The maximum absolute atomic E-state index is 12.8. The largest absolute Gasteiger partial charge is 0.469 e. The Morgan fingerprint density at radius 1 is 1.12 bits per heavy atom. The van der Waals surface area contributed by atoms with E-state index >= 15 is 0 Å². The highest BCUT2D eigenvalue weighted by atomic mass is 16.5. The fourth-order valence-corrected chi connectivity index (χ4v) is 3.79. The number of hydrogen-bond donors (Lipinski definition) is 3. The fourth-order valence-electron chi connectivity index (χ4n) is 3.79. The molecule has 1 fully saturated rings. The predicted octanol–water partition coefficient (Wildman–Crippen LogP) is 2.99. The van der Waals surface area contributed by atoms with Gasteiger partial charge in [0.15, 0.2) is 0 Å². The number of esters is 1. The van der Waals surface area contributed by atoms with E-state index < -0.39 is 12.0 Å². The van der Waals surface area contributed by atoms with Gasteiger partial charge in [-0.2, -0.15) is 5.11 Å². The second-order valence-electron chi connectivity index (χ2n) is 7.91. The van der Waals surface area contributed by atoms with Crippen LogP contribution < -0.4 is 10.6 Å². The molecule has 0 spiro atoms. The number of hydrogen-bond acceptors (Lipinski definition) is 7. The third kappa shape index (κ3) is 6.74. The van der Waals surface area contributed by atoms with Crippen molar-refractivity contribution in [3.05, 3.63) is 72.1 Å². The Kier molecular flexibility index (Phi) is 8.90. The van der Waals surface area contributed by atoms with Crippen molar-refractivity contribution < 1.29 is 19.1 Å². The van der Waals surface area contributed by atoms with Gasteiger partial charge < -0.3 is 20.3 Å². The van der Waals surface area contributed by atoms with E-state index in [9.17, 15) is 14.4 Å². The zero-order valence-electron chi connectivity index (χ0n) is 19.1. The second-order valence-corrected chi connectivity index (χ2v) is 7.91. The summed E-state index contributed by atoms with van der Waals surface area (Å²) >= 11 is 0. The average molecular weight is 464 g/mol. The number of likely N-dealkylation sites (tertiary alicyclic amines) is 1. The highest BCUT2D eigenvalue weighted by Crippen LogP contribution is 2.20. The minimum Gasteiger partial charge on any atom is -0.469 e. The molecule has 178 valence electrons. The van der Waals surface area contributed by atoms with E-state index in [4.69, 9.17) is 5.53 Å². The minimum absolute atomic E-state index is 0.0646. The Hall–Kier alpha value is -4.01. The lowest BCUT2D eigenvalue weighted by Crippen LogP contribution is -2.47. The number of carbonyl (C=O) groups is 3. The maximum Gasteiger partial charge on any atom is 0.311 e. The maximum atomic E-state index is 12.8. The van der Waals surface area contributed by atoms with Crippen LogP contribution in [0.3, 0.4) is 0 Å². The van der Waals surface area contributed by atoms with Crippen LogP contribution in [0.25, 0.3) is 11.1 Å². The molecule has 0 bridgehead atoms. The molecule has 2 amide bonds. The standard InChI is InChI=1S/C25H29N5O4/c1-34-24(32)14-21(29-26)16-27-17-23(31)30-13-5-8-22(30)25(33)28-15-18-9-11-20(12-10-18)19-6-3-2-4-7-19/h2-4,6-7,9-12,16,22,26-27H,5,8,13-15,17H2,1H3,(H,28,33)/b21-16-,29-26?/t22-/m0/s1. The summed E-state index contributed by atoms with van der Waals surface area (Å²) in [6, 6.07) is 17.6. The third-order valence-corrected chi connectivity index (χ3v) is 5.62. The molecule has 0 saturated carbocycles. The van der Waals surface area contributed by atoms with Gasteiger partial charge in [0.2, 0.25) is 11.8 Å². The Morgan fingerprint density at radius 2 is 1.82 bits per heavy atom. The number of methoxy groups -OCH3 is 1. The first-order valence-electron chi connectivity index (χ1n) is 11.1. The second kappa shape index (κ2) is 12.3. The molecule has 1 heterocycles. The SMILES string of the molecule is COC(=O)C/C(=C/NCC(=O)N1CCC[C@H]1C(=O)NCc1ccc(-c2ccccc2)cc1)N=N. The van der Waals surface area contributed by atoms with Crippen LogP contribution in [-0.4, -0.2) is 48.9 Å². The van der Waals surface area contributed by atoms with Crippen LogP contribution in [0.4, 0.5) is 0 Å². The number of amides is 2. The Bertz CT molecular complexity index is 1040. The molecule has 0 unspecified atom stereocenters. The molecule has 1 atom stereocenters. The molecule has 1 saturated heterocycles. The van der Waals surface area contributed by atoms with E-state index in [0.29, 0.717) is 19.5 Å². The van der Waals surface area contributed by atoms with Gasteiger partial charge in [-0.25, -0.2) is 5.53 Å². The molecule has 1 aliphatic rings. The lowest BCUT2D eigenvalue weighted by atomic mass is 10.0. The van der Waals surface area contributed by atoms with Gasteiger partial charge in [-0.1, -0.05) is 54.6 Å². The quantitative estimate of drug-likeness (QED) is 0.369. The van der Waals surface area contributed by atoms with Gasteiger partial charge in [-0.15, -0.1) is 0 Å². The van der Waals surface area contributed by atoms with Crippen molar-refractivity contribution in [1.29, 1.82) is 5.53 Å². The molecule has 1 aliphatic heterocycles. The number of ether oxygens (including phenoxy) is 1. The summed E-state index contributed by atoms with van der Waals surface area (Å²) in [6.07, 6.45) is 2.53. The van der Waals surface area contributed by atoms with Crippen molar-refractivity contribution in [3.63, 3.8) is 0 Å². The van der Waals surface area contributed by atoms with Crippen LogP contribution in [0, 0.1) is 5.53 Å². The van der Waals surface area contributed by atoms with E-state index in [0.717, 1.165) is 23.1 Å². The van der Waals surface area contributed by atoms with E-state index in [1.807, 2.05) is 42.5 Å². The van der Waals surface area contributed by atoms with Gasteiger partial charge in [-0.3, -0.25) is 14.4 Å². The van der Waals surface area contributed by atoms with Crippen LogP contribution in [0.15, 0.2) is 71.6 Å². The molecule has 9 nitrogen and oxygen atoms in total. The Morgan fingerprint density at radius 3 is 2.50 bits per heavy atom. The highest BCUT2D eigenvalue weighted by molar-refractivity contribution is 5.89. The van der Waals surface area contributed by atoms with Crippen molar-refractivity contribution in [2.75, 3.05) is 20.2 Å². The molecule has 9 heteroatoms. The smallest absolute Gasteiger partial charge is 0.311 e. The van der Waals surface area contributed by atoms with Crippen molar-refractivity contribution in [3.8, 4) is 11.1 Å². The number of nitrogens with one attached hydrogen (secondary N) is 3. The van der Waals surface area contributed by atoms with E-state index in [2.05, 4.69) is 32.6 Å². The first-order valence-corrected chi connectivity index (χ1v) is 11.1. The number of benzene rings is 2. The molecular weight excluding hydrogens is 434 g/mol. The molecule has 34 heavy (non-hydrogen) atoms. The lowest BCUT2D eigenvalue weighted by molar-refractivity contribution is -0.139. The van der Waals surface area contributed by atoms with Crippen LogP contribution in [0.2, 0.25) is 0 Å². The van der Waals surface area contributed by atoms with E-state index in [1.54, 1.807) is 4.90 Å². The van der Waals surface area contributed by atoms with Gasteiger partial charge in [-0.05, 0) is 29.5 Å². The van der Waals surface area contributed by atoms with Gasteiger partial charge in [0.1, 0.15) is 6.04 Å². The summed E-state index contributed by atoms with van der Waals surface area (Å²) in [4.78, 5) is 38.3. The van der Waals surface area contributed by atoms with Crippen molar-refractivity contribution in [2.45, 2.75) is 31.8 Å². The van der Waals surface area contributed by atoms with Gasteiger partial charge in [0.05, 0.1) is 25.8 Å². The zero-order valence-corrected chi connectivity index (χ0v) is 19.1. The van der Waals surface area contributed by atoms with Gasteiger partial charge in [0.25, 0.3) is 0 Å². The van der Waals surface area contributed by atoms with E-state index in [1.165, 1.54) is 13.3 Å². The minimum atomic E-state index is -0.527. The van der Waals surface area contributed by atoms with Crippen molar-refractivity contribution >= 4 is 17.8 Å². The lowest BCUT2D eigenvalue weighted by Gasteiger charge is -2.24. The Balaban J connectivity index is 1.50. The van der Waals surface area contributed by atoms with Gasteiger partial charge >= 0.3 is 5.97 Å². The molecule has 0 aliphatic carbocycles. The molecule has 2 aromatic carbocycles. The summed E-state index contributed by atoms with van der Waals surface area (Å²) < 4.78 is 4.54. The zero-order chi connectivity index (χ0) is 24.3. The topological polar surface area (TPSA) is 124 Å². The molecule has 0 aromatic heterocycles. The monoisotopic (exact) mass is 463 g/mol. The number of nitrogens with zero attached hydrogens (tertiary/aromatic N) is 2. The van der Waals surface area contributed by atoms with Crippen molar-refractivity contribution in [2.24, 2.45) is 5.11 Å². The fraction of sp³-hybridized carbons (Fsp3) is 0.320. The molecule has 2 aromatic rings. The summed E-state index contributed by atoms with van der Waals surface area (Å²) in [5.41, 5.74) is 10.5. The number of carbonyl (C=O) groups excluding carboxylic acids is 3. The summed E-state index contributed by atoms with van der Waals surface area (Å²) in [5, 5.41) is 8.96. The van der Waals surface area contributed by atoms with E-state index in [-0.39, 0.29) is 30.5 Å². The molecule has 3 rings (SSSR count). The van der Waals surface area contributed by atoms with Crippen LogP contribution in [0.5, 0.6) is 0 Å². The highest BCUT2D eigenvalue weighted by Gasteiger charge is 2.33. The molecular formula is C25H29N5O4. The van der Waals surface area contributed by atoms with Gasteiger partial charge in [0, 0.05) is 19.3 Å². The number of rotatable bonds is 10. The van der Waals surface area contributed by atoms with Crippen molar-refractivity contribution in [1.82, 2.24) is 15.5 Å². The van der Waals surface area contributed by atoms with Crippen LogP contribution in [0.1, 0.15) is 24.8 Å². The summed E-state index contributed by atoms with van der Waals surface area (Å²) in [6.45, 7) is 0.826. The Labute approximate surface area is 198 Å². The molecule has 3 N–H and O–H groups in total. The third-order valence-electron chi connectivity index (χ3n) is 5.62.